The third-order valence-electron chi connectivity index (χ3n) is 3.29. The molecule has 0 unspecified atom stereocenters. The fourth-order valence-electron chi connectivity index (χ4n) is 2.11. The molecule has 2 amide bonds. The van der Waals surface area contributed by atoms with Gasteiger partial charge in [0.05, 0.1) is 5.75 Å². The maximum absolute atomic E-state index is 11.7. The van der Waals surface area contributed by atoms with Crippen molar-refractivity contribution in [3.05, 3.63) is 42.0 Å². The lowest BCUT2D eigenvalue weighted by Crippen LogP contribution is -2.42. The lowest BCUT2D eigenvalue weighted by Gasteiger charge is -2.09. The van der Waals surface area contributed by atoms with Gasteiger partial charge in [0.25, 0.3) is 0 Å². The molecule has 2 N–H and O–H groups in total. The summed E-state index contributed by atoms with van der Waals surface area (Å²) in [5.74, 6) is 0.257. The van der Waals surface area contributed by atoms with E-state index in [1.54, 1.807) is 0 Å². The molecule has 4 nitrogen and oxygen atoms in total. The van der Waals surface area contributed by atoms with Gasteiger partial charge in [-0.25, -0.2) is 0 Å². The molecule has 0 fully saturated rings. The number of amides is 2. The number of carbonyl (C=O) groups is 2. The molecule has 0 radical (unpaired) electrons. The molecule has 1 atom stereocenters. The summed E-state index contributed by atoms with van der Waals surface area (Å²) in [6.07, 6.45) is 6.65. The van der Waals surface area contributed by atoms with Crippen LogP contribution in [0.4, 0.5) is 0 Å². The number of carbonyl (C=O) groups excluding carboxylic acids is 2. The summed E-state index contributed by atoms with van der Waals surface area (Å²) in [5.41, 5.74) is 6.12. The van der Waals surface area contributed by atoms with E-state index in [1.165, 1.54) is 17.3 Å². The van der Waals surface area contributed by atoms with Gasteiger partial charge < -0.3 is 0 Å². The Balaban J connectivity index is 1.63. The second-order valence-electron chi connectivity index (χ2n) is 5.17. The van der Waals surface area contributed by atoms with Crippen LogP contribution in [0, 0.1) is 12.8 Å². The number of thioether (sulfide) groups is 1. The number of hydrazine groups is 1. The summed E-state index contributed by atoms with van der Waals surface area (Å²) < 4.78 is 0. The third kappa shape index (κ3) is 5.63. The van der Waals surface area contributed by atoms with Crippen LogP contribution in [0.1, 0.15) is 24.8 Å². The van der Waals surface area contributed by atoms with Crippen molar-refractivity contribution < 1.29 is 9.59 Å². The van der Waals surface area contributed by atoms with Crippen molar-refractivity contribution in [1.29, 1.82) is 0 Å². The number of allylic oxidation sites excluding steroid dienone is 2. The van der Waals surface area contributed by atoms with Crippen molar-refractivity contribution in [2.45, 2.75) is 31.1 Å². The van der Waals surface area contributed by atoms with E-state index in [-0.39, 0.29) is 17.6 Å². The van der Waals surface area contributed by atoms with E-state index < -0.39 is 0 Å². The van der Waals surface area contributed by atoms with Gasteiger partial charge in [-0.2, -0.15) is 0 Å². The van der Waals surface area contributed by atoms with Crippen LogP contribution in [-0.2, 0) is 9.59 Å². The van der Waals surface area contributed by atoms with Gasteiger partial charge in [-0.1, -0.05) is 29.8 Å². The van der Waals surface area contributed by atoms with Crippen molar-refractivity contribution in [3.8, 4) is 0 Å². The van der Waals surface area contributed by atoms with Crippen LogP contribution in [0.25, 0.3) is 0 Å². The van der Waals surface area contributed by atoms with E-state index in [4.69, 9.17) is 0 Å². The standard InChI is InChI=1S/C16H20N2O2S/c1-12-6-8-14(9-7-12)21-11-16(20)18-17-15(19)10-13-4-2-3-5-13/h2,4,6-9,13H,3,5,10-11H2,1H3,(H,17,19)(H,18,20)/t13-/m1/s1. The highest BCUT2D eigenvalue weighted by Crippen LogP contribution is 2.20. The Morgan fingerprint density at radius 1 is 1.19 bits per heavy atom. The van der Waals surface area contributed by atoms with Gasteiger partial charge in [0.1, 0.15) is 0 Å². The Bertz CT molecular complexity index is 526. The number of nitrogens with one attached hydrogen (secondary N) is 2. The van der Waals surface area contributed by atoms with Gasteiger partial charge in [-0.05, 0) is 37.8 Å². The number of hydrogen-bond acceptors (Lipinski definition) is 3. The summed E-state index contributed by atoms with van der Waals surface area (Å²) >= 11 is 1.45. The molecule has 0 saturated carbocycles. The monoisotopic (exact) mass is 304 g/mol. The first-order valence-electron chi connectivity index (χ1n) is 7.07. The highest BCUT2D eigenvalue weighted by Gasteiger charge is 2.14. The van der Waals surface area contributed by atoms with Gasteiger partial charge in [0.2, 0.25) is 11.8 Å². The summed E-state index contributed by atoms with van der Waals surface area (Å²) in [7, 11) is 0. The summed E-state index contributed by atoms with van der Waals surface area (Å²) in [5, 5.41) is 0. The lowest BCUT2D eigenvalue weighted by atomic mass is 10.1. The van der Waals surface area contributed by atoms with Crippen molar-refractivity contribution in [2.75, 3.05) is 5.75 Å². The fourth-order valence-corrected chi connectivity index (χ4v) is 2.81. The molecule has 0 heterocycles. The molecule has 0 aliphatic heterocycles. The average Bonchev–Trinajstić information content (AvgIpc) is 2.97. The molecule has 1 aliphatic rings. The predicted molar refractivity (Wildman–Crippen MR) is 84.7 cm³/mol. The molecule has 1 aromatic rings. The minimum atomic E-state index is -0.198. The molecule has 2 rings (SSSR count). The summed E-state index contributed by atoms with van der Waals surface area (Å²) in [4.78, 5) is 24.4. The Labute approximate surface area is 129 Å². The number of rotatable bonds is 5. The molecule has 1 aromatic carbocycles. The second-order valence-corrected chi connectivity index (χ2v) is 6.22. The zero-order valence-corrected chi connectivity index (χ0v) is 12.9. The van der Waals surface area contributed by atoms with E-state index in [0.717, 1.165) is 17.7 Å². The first-order valence-corrected chi connectivity index (χ1v) is 8.06. The van der Waals surface area contributed by atoms with Gasteiger partial charge in [-0.3, -0.25) is 20.4 Å². The van der Waals surface area contributed by atoms with Crippen LogP contribution in [0.5, 0.6) is 0 Å². The molecule has 0 bridgehead atoms. The molecule has 0 aromatic heterocycles. The maximum Gasteiger partial charge on any atom is 0.248 e. The molecule has 21 heavy (non-hydrogen) atoms. The van der Waals surface area contributed by atoms with E-state index in [9.17, 15) is 9.59 Å². The van der Waals surface area contributed by atoms with Crippen LogP contribution in [-0.4, -0.2) is 17.6 Å². The van der Waals surface area contributed by atoms with Crippen LogP contribution in [0.3, 0.4) is 0 Å². The van der Waals surface area contributed by atoms with Gasteiger partial charge in [0, 0.05) is 11.3 Å². The Morgan fingerprint density at radius 2 is 1.90 bits per heavy atom. The molecule has 5 heteroatoms. The quantitative estimate of drug-likeness (QED) is 0.499. The van der Waals surface area contributed by atoms with Crippen molar-refractivity contribution >= 4 is 23.6 Å². The summed E-state index contributed by atoms with van der Waals surface area (Å²) in [6, 6.07) is 7.99. The fraction of sp³-hybridized carbons (Fsp3) is 0.375. The van der Waals surface area contributed by atoms with E-state index in [2.05, 4.69) is 23.0 Å². The van der Waals surface area contributed by atoms with Crippen LogP contribution < -0.4 is 10.9 Å². The van der Waals surface area contributed by atoms with E-state index in [0.29, 0.717) is 12.3 Å². The minimum Gasteiger partial charge on any atom is -0.273 e. The van der Waals surface area contributed by atoms with Gasteiger partial charge >= 0.3 is 0 Å². The highest BCUT2D eigenvalue weighted by atomic mass is 32.2. The van der Waals surface area contributed by atoms with E-state index in [1.807, 2.05) is 31.2 Å². The molecule has 0 spiro atoms. The van der Waals surface area contributed by atoms with Crippen molar-refractivity contribution in [2.24, 2.45) is 5.92 Å². The smallest absolute Gasteiger partial charge is 0.248 e. The lowest BCUT2D eigenvalue weighted by molar-refractivity contribution is -0.128. The third-order valence-corrected chi connectivity index (χ3v) is 4.30. The molecular formula is C16H20N2O2S. The van der Waals surface area contributed by atoms with Crippen LogP contribution in [0.15, 0.2) is 41.3 Å². The average molecular weight is 304 g/mol. The first kappa shape index (κ1) is 15.6. The van der Waals surface area contributed by atoms with Crippen LogP contribution in [0.2, 0.25) is 0 Å². The first-order chi connectivity index (χ1) is 10.1. The number of benzene rings is 1. The topological polar surface area (TPSA) is 58.2 Å². The number of aryl methyl sites for hydroxylation is 1. The maximum atomic E-state index is 11.7. The Morgan fingerprint density at radius 3 is 2.57 bits per heavy atom. The molecular weight excluding hydrogens is 284 g/mol. The summed E-state index contributed by atoms with van der Waals surface area (Å²) in [6.45, 7) is 2.02. The Kier molecular flexibility index (Phi) is 5.87. The highest BCUT2D eigenvalue weighted by molar-refractivity contribution is 8.00. The van der Waals surface area contributed by atoms with Gasteiger partial charge in [0.15, 0.2) is 0 Å². The zero-order chi connectivity index (χ0) is 15.1. The normalized spacial score (nSPS) is 16.7. The van der Waals surface area contributed by atoms with Crippen molar-refractivity contribution in [1.82, 2.24) is 10.9 Å². The Hall–Kier alpha value is -1.75. The second kappa shape index (κ2) is 7.88. The van der Waals surface area contributed by atoms with Crippen LogP contribution >= 0.6 is 11.8 Å². The largest absolute Gasteiger partial charge is 0.273 e. The van der Waals surface area contributed by atoms with Gasteiger partial charge in [-0.15, -0.1) is 11.8 Å². The molecule has 1 aliphatic carbocycles. The van der Waals surface area contributed by atoms with E-state index >= 15 is 0 Å². The number of hydrogen-bond donors (Lipinski definition) is 2. The predicted octanol–water partition coefficient (Wildman–Crippen LogP) is 2.59. The minimum absolute atomic E-state index is 0.139. The molecule has 112 valence electrons. The van der Waals surface area contributed by atoms with Crippen molar-refractivity contribution in [3.63, 3.8) is 0 Å². The SMILES string of the molecule is Cc1ccc(SCC(=O)NNC(=O)C[C@@H]2C=CCC2)cc1. The zero-order valence-electron chi connectivity index (χ0n) is 12.1. The molecule has 0 saturated heterocycles.